The number of ether oxygens (including phenoxy) is 3. The third-order valence-corrected chi connectivity index (χ3v) is 8.82. The molecule has 0 unspecified atom stereocenters. The summed E-state index contributed by atoms with van der Waals surface area (Å²) in [5, 5.41) is 4.38. The van der Waals surface area contributed by atoms with E-state index in [-0.39, 0.29) is 18.1 Å². The number of fused-ring (bicyclic) bond motifs is 2. The molecule has 3 heterocycles. The molecule has 43 heavy (non-hydrogen) atoms. The van der Waals surface area contributed by atoms with Gasteiger partial charge in [0.1, 0.15) is 23.2 Å². The quantitative estimate of drug-likeness (QED) is 0.412. The highest BCUT2D eigenvalue weighted by Gasteiger charge is 2.47. The summed E-state index contributed by atoms with van der Waals surface area (Å²) in [5.74, 6) is 1.32. The van der Waals surface area contributed by atoms with Gasteiger partial charge in [-0.2, -0.15) is 0 Å². The Morgan fingerprint density at radius 2 is 1.84 bits per heavy atom. The van der Waals surface area contributed by atoms with Crippen molar-refractivity contribution in [1.29, 1.82) is 0 Å². The minimum Gasteiger partial charge on any atom is -0.497 e. The molecule has 228 valence electrons. The highest BCUT2D eigenvalue weighted by Crippen LogP contribution is 2.49. The molecule has 1 saturated carbocycles. The van der Waals surface area contributed by atoms with Crippen molar-refractivity contribution in [3.63, 3.8) is 0 Å². The minimum atomic E-state index is -0.496. The maximum absolute atomic E-state index is 13.7. The van der Waals surface area contributed by atoms with Crippen LogP contribution < -0.4 is 14.8 Å². The molecule has 3 fully saturated rings. The number of piperidine rings is 1. The first kappa shape index (κ1) is 29.2. The predicted octanol–water partition coefficient (Wildman–Crippen LogP) is 5.43. The molecule has 0 radical (unpaired) electrons. The Labute approximate surface area is 253 Å². The van der Waals surface area contributed by atoms with Gasteiger partial charge in [0.15, 0.2) is 0 Å². The lowest BCUT2D eigenvalue weighted by Crippen LogP contribution is -2.59. The number of methoxy groups -OCH3 is 1. The van der Waals surface area contributed by atoms with Gasteiger partial charge < -0.3 is 24.4 Å². The van der Waals surface area contributed by atoms with Crippen molar-refractivity contribution in [2.75, 3.05) is 33.3 Å². The van der Waals surface area contributed by atoms with Gasteiger partial charge >= 0.3 is 6.09 Å². The van der Waals surface area contributed by atoms with Crippen LogP contribution in [0, 0.1) is 6.92 Å². The summed E-state index contributed by atoms with van der Waals surface area (Å²) in [6.45, 7) is 10.6. The summed E-state index contributed by atoms with van der Waals surface area (Å²) >= 11 is 0. The number of nitrogens with one attached hydrogen (secondary N) is 1. The lowest BCUT2D eigenvalue weighted by Gasteiger charge is -2.46. The summed E-state index contributed by atoms with van der Waals surface area (Å²) in [6, 6.07) is 14.0. The molecule has 2 amide bonds. The second-order valence-corrected chi connectivity index (χ2v) is 13.2. The lowest BCUT2D eigenvalue weighted by atomic mass is 9.97. The van der Waals surface area contributed by atoms with Crippen molar-refractivity contribution in [2.45, 2.75) is 76.7 Å². The molecule has 3 aliphatic rings. The van der Waals surface area contributed by atoms with Crippen molar-refractivity contribution in [2.24, 2.45) is 0 Å². The standard InChI is InChI=1S/C34H42N4O5/c1-22-8-10-24(42-25-11-9-23-20-38(16-15-37(23)21-25)32(40)43-33(2,3)4)17-28(22)31(39)36-34(12-13-34)29-18-26(41-5)19-30-27(29)7-6-14-35-30/h6-8,10,14,17-19,23,25H,9,11-13,15-16,20-21H2,1-5H3,(H,36,39)/t23-,25+/m1/s1. The Morgan fingerprint density at radius 3 is 2.58 bits per heavy atom. The largest absolute Gasteiger partial charge is 0.497 e. The van der Waals surface area contributed by atoms with E-state index in [1.54, 1.807) is 13.3 Å². The van der Waals surface area contributed by atoms with E-state index in [1.807, 2.05) is 69.0 Å². The number of pyridine rings is 1. The van der Waals surface area contributed by atoms with Gasteiger partial charge in [-0.15, -0.1) is 0 Å². The lowest BCUT2D eigenvalue weighted by molar-refractivity contribution is -0.0194. The Bertz CT molecular complexity index is 1530. The Hall–Kier alpha value is -3.85. The monoisotopic (exact) mass is 586 g/mol. The zero-order valence-electron chi connectivity index (χ0n) is 25.8. The molecule has 9 heteroatoms. The van der Waals surface area contributed by atoms with Crippen LogP contribution in [0.4, 0.5) is 4.79 Å². The zero-order chi connectivity index (χ0) is 30.4. The highest BCUT2D eigenvalue weighted by atomic mass is 16.6. The van der Waals surface area contributed by atoms with E-state index in [2.05, 4.69) is 21.3 Å². The summed E-state index contributed by atoms with van der Waals surface area (Å²) in [5.41, 5.74) is 2.47. The number of hydrogen-bond acceptors (Lipinski definition) is 7. The molecule has 9 nitrogen and oxygen atoms in total. The molecular formula is C34H42N4O5. The summed E-state index contributed by atoms with van der Waals surface area (Å²) in [4.78, 5) is 35.1. The summed E-state index contributed by atoms with van der Waals surface area (Å²) in [6.07, 6.45) is 5.10. The average Bonchev–Trinajstić information content (AvgIpc) is 3.76. The predicted molar refractivity (Wildman–Crippen MR) is 165 cm³/mol. The number of carbonyl (C=O) groups excluding carboxylic acids is 2. The van der Waals surface area contributed by atoms with Gasteiger partial charge in [-0.25, -0.2) is 4.79 Å². The normalized spacial score (nSPS) is 21.6. The molecule has 6 rings (SSSR count). The minimum absolute atomic E-state index is 0.0216. The fraction of sp³-hybridized carbons (Fsp3) is 0.500. The van der Waals surface area contributed by atoms with Crippen LogP contribution >= 0.6 is 0 Å². The molecule has 2 atom stereocenters. The van der Waals surface area contributed by atoms with Crippen LogP contribution in [0.2, 0.25) is 0 Å². The van der Waals surface area contributed by atoms with E-state index in [0.29, 0.717) is 30.4 Å². The zero-order valence-corrected chi connectivity index (χ0v) is 25.8. The van der Waals surface area contributed by atoms with Crippen molar-refractivity contribution in [3.05, 3.63) is 65.4 Å². The number of carbonyl (C=O) groups is 2. The number of nitrogens with zero attached hydrogens (tertiary/aromatic N) is 3. The van der Waals surface area contributed by atoms with Crippen LogP contribution in [0.15, 0.2) is 48.7 Å². The van der Waals surface area contributed by atoms with Crippen LogP contribution in [0.25, 0.3) is 10.9 Å². The van der Waals surface area contributed by atoms with Crippen molar-refractivity contribution in [3.8, 4) is 11.5 Å². The van der Waals surface area contributed by atoms with E-state index >= 15 is 0 Å². The second kappa shape index (κ2) is 11.3. The third-order valence-electron chi connectivity index (χ3n) is 8.82. The number of hydrogen-bond donors (Lipinski definition) is 1. The van der Waals surface area contributed by atoms with E-state index in [0.717, 1.165) is 66.6 Å². The van der Waals surface area contributed by atoms with Crippen LogP contribution in [0.5, 0.6) is 11.5 Å². The van der Waals surface area contributed by atoms with E-state index < -0.39 is 11.1 Å². The fourth-order valence-electron chi connectivity index (χ4n) is 6.38. The molecule has 3 aromatic rings. The number of benzene rings is 2. The van der Waals surface area contributed by atoms with Crippen molar-refractivity contribution >= 4 is 22.9 Å². The smallest absolute Gasteiger partial charge is 0.410 e. The Kier molecular flexibility index (Phi) is 7.71. The maximum atomic E-state index is 13.7. The molecule has 2 aromatic carbocycles. The number of rotatable bonds is 6. The fourth-order valence-corrected chi connectivity index (χ4v) is 6.38. The van der Waals surface area contributed by atoms with E-state index in [9.17, 15) is 9.59 Å². The van der Waals surface area contributed by atoms with Gasteiger partial charge in [-0.05, 0) is 88.8 Å². The first-order chi connectivity index (χ1) is 20.5. The van der Waals surface area contributed by atoms with Crippen LogP contribution in [0.1, 0.15) is 67.9 Å². The Morgan fingerprint density at radius 1 is 1.02 bits per heavy atom. The summed E-state index contributed by atoms with van der Waals surface area (Å²) in [7, 11) is 1.65. The number of aryl methyl sites for hydroxylation is 1. The SMILES string of the molecule is COc1cc(C2(NC(=O)c3cc(O[C@H]4CC[C@@H]5CN(C(=O)OC(C)(C)C)CCN5C4)ccc3C)CC2)c2cccnc2c1. The van der Waals surface area contributed by atoms with E-state index in [4.69, 9.17) is 14.2 Å². The van der Waals surface area contributed by atoms with Crippen molar-refractivity contribution in [1.82, 2.24) is 20.1 Å². The Balaban J connectivity index is 1.11. The highest BCUT2D eigenvalue weighted by molar-refractivity contribution is 5.97. The summed E-state index contributed by atoms with van der Waals surface area (Å²) < 4.78 is 17.6. The third kappa shape index (κ3) is 6.27. The molecule has 1 aromatic heterocycles. The van der Waals surface area contributed by atoms with E-state index in [1.165, 1.54) is 0 Å². The van der Waals surface area contributed by atoms with Crippen LogP contribution in [-0.4, -0.2) is 77.8 Å². The molecule has 1 N–H and O–H groups in total. The molecule has 2 saturated heterocycles. The van der Waals surface area contributed by atoms with Gasteiger partial charge in [0.2, 0.25) is 0 Å². The van der Waals surface area contributed by atoms with Gasteiger partial charge in [-0.3, -0.25) is 14.7 Å². The molecular weight excluding hydrogens is 544 g/mol. The van der Waals surface area contributed by atoms with Gasteiger partial charge in [0.25, 0.3) is 5.91 Å². The maximum Gasteiger partial charge on any atom is 0.410 e. The van der Waals surface area contributed by atoms with Gasteiger partial charge in [0, 0.05) is 55.4 Å². The van der Waals surface area contributed by atoms with Crippen molar-refractivity contribution < 1.29 is 23.8 Å². The van der Waals surface area contributed by atoms with Crippen LogP contribution in [-0.2, 0) is 10.3 Å². The van der Waals surface area contributed by atoms with Crippen LogP contribution in [0.3, 0.4) is 0 Å². The molecule has 0 bridgehead atoms. The number of amides is 2. The molecule has 2 aliphatic heterocycles. The topological polar surface area (TPSA) is 93.2 Å². The number of piperazine rings is 1. The molecule has 0 spiro atoms. The number of aromatic nitrogens is 1. The second-order valence-electron chi connectivity index (χ2n) is 13.2. The first-order valence-electron chi connectivity index (χ1n) is 15.3. The van der Waals surface area contributed by atoms with Gasteiger partial charge in [0.05, 0.1) is 18.2 Å². The average molecular weight is 587 g/mol. The van der Waals surface area contributed by atoms with Gasteiger partial charge in [-0.1, -0.05) is 12.1 Å². The first-order valence-corrected chi connectivity index (χ1v) is 15.3. The molecule has 1 aliphatic carbocycles.